The zero-order chi connectivity index (χ0) is 25.4. The van der Waals surface area contributed by atoms with E-state index in [0.29, 0.717) is 16.9 Å². The Balaban J connectivity index is 1.67. The van der Waals surface area contributed by atoms with E-state index in [4.69, 9.17) is 4.98 Å². The van der Waals surface area contributed by atoms with Crippen molar-refractivity contribution in [2.24, 2.45) is 0 Å². The largest absolute Gasteiger partial charge is 0.379 e. The summed E-state index contributed by atoms with van der Waals surface area (Å²) in [7, 11) is 0. The molecule has 0 spiro atoms. The Morgan fingerprint density at radius 3 is 2.35 bits per heavy atom. The van der Waals surface area contributed by atoms with Gasteiger partial charge in [-0.05, 0) is 36.2 Å². The molecule has 0 saturated carbocycles. The average Bonchev–Trinajstić information content (AvgIpc) is 3.32. The van der Waals surface area contributed by atoms with Crippen molar-refractivity contribution in [2.45, 2.75) is 19.7 Å². The third-order valence-electron chi connectivity index (χ3n) is 6.44. The van der Waals surface area contributed by atoms with Crippen LogP contribution < -0.4 is 10.9 Å². The van der Waals surface area contributed by atoms with Crippen LogP contribution in [0.1, 0.15) is 12.6 Å². The Bertz CT molecular complexity index is 1770. The fourth-order valence-electron chi connectivity index (χ4n) is 4.70. The van der Waals surface area contributed by atoms with Gasteiger partial charge in [0.25, 0.3) is 5.56 Å². The highest BCUT2D eigenvalue weighted by Gasteiger charge is 2.22. The van der Waals surface area contributed by atoms with Crippen molar-refractivity contribution >= 4 is 16.6 Å². The Labute approximate surface area is 213 Å². The van der Waals surface area contributed by atoms with Gasteiger partial charge in [-0.15, -0.1) is 0 Å². The molecule has 3 heterocycles. The molecule has 0 saturated heterocycles. The molecular formula is C30H25N5O2. The molecule has 0 fully saturated rings. The van der Waals surface area contributed by atoms with Gasteiger partial charge in [-0.1, -0.05) is 72.8 Å². The third-order valence-corrected chi connectivity index (χ3v) is 6.44. The lowest BCUT2D eigenvalue weighted by atomic mass is 10.0. The molecule has 6 rings (SSSR count). The van der Waals surface area contributed by atoms with Gasteiger partial charge >= 0.3 is 0 Å². The van der Waals surface area contributed by atoms with E-state index >= 15 is 0 Å². The second kappa shape index (κ2) is 9.46. The van der Waals surface area contributed by atoms with Crippen LogP contribution in [0.4, 0.5) is 0 Å². The Kier molecular flexibility index (Phi) is 5.84. The van der Waals surface area contributed by atoms with Gasteiger partial charge in [-0.25, -0.2) is 4.98 Å². The summed E-state index contributed by atoms with van der Waals surface area (Å²) in [4.78, 5) is 23.6. The SMILES string of the molecule is CC(O)NCc1nc2c(-c3ccccc3)c(-c3ccccc3)[nH]n2c(=O)c1-c1ccc2ncccc2c1. The maximum Gasteiger partial charge on any atom is 0.280 e. The van der Waals surface area contributed by atoms with Gasteiger partial charge in [0.15, 0.2) is 5.65 Å². The smallest absolute Gasteiger partial charge is 0.280 e. The number of hydrogen-bond acceptors (Lipinski definition) is 5. The molecule has 6 aromatic rings. The Hall–Kier alpha value is -4.59. The van der Waals surface area contributed by atoms with Crippen molar-refractivity contribution in [2.75, 3.05) is 0 Å². The fraction of sp³-hybridized carbons (Fsp3) is 0.100. The zero-order valence-electron chi connectivity index (χ0n) is 20.2. The number of rotatable bonds is 6. The zero-order valence-corrected chi connectivity index (χ0v) is 20.2. The van der Waals surface area contributed by atoms with Crippen molar-refractivity contribution in [3.63, 3.8) is 0 Å². The van der Waals surface area contributed by atoms with E-state index in [9.17, 15) is 9.90 Å². The molecule has 0 amide bonds. The molecule has 0 radical (unpaired) electrons. The number of fused-ring (bicyclic) bond motifs is 2. The summed E-state index contributed by atoms with van der Waals surface area (Å²) in [6, 6.07) is 29.5. The average molecular weight is 488 g/mol. The standard InChI is InChI=1S/C30H25N5O2/c1-19(36)32-18-25-26(23-14-15-24-22(17-23)13-8-16-31-24)30(37)35-29(33-25)27(20-9-4-2-5-10-20)28(34-35)21-11-6-3-7-12-21/h2-17,19,32,34,36H,18H2,1H3. The van der Waals surface area contributed by atoms with Crippen LogP contribution in [0.25, 0.3) is 50.1 Å². The first kappa shape index (κ1) is 22.8. The van der Waals surface area contributed by atoms with Crippen LogP contribution in [0.2, 0.25) is 0 Å². The van der Waals surface area contributed by atoms with Crippen molar-refractivity contribution in [3.05, 3.63) is 113 Å². The van der Waals surface area contributed by atoms with Crippen LogP contribution >= 0.6 is 0 Å². The van der Waals surface area contributed by atoms with Crippen LogP contribution in [0.3, 0.4) is 0 Å². The third kappa shape index (κ3) is 4.20. The lowest BCUT2D eigenvalue weighted by Gasteiger charge is -2.13. The maximum atomic E-state index is 14.1. The number of H-pyrrole nitrogens is 1. The molecule has 7 nitrogen and oxygen atoms in total. The monoisotopic (exact) mass is 487 g/mol. The minimum Gasteiger partial charge on any atom is -0.379 e. The van der Waals surface area contributed by atoms with Gasteiger partial charge in [0, 0.05) is 23.7 Å². The first-order valence-corrected chi connectivity index (χ1v) is 12.2. The van der Waals surface area contributed by atoms with Crippen LogP contribution in [-0.4, -0.2) is 30.9 Å². The number of hydrogen-bond donors (Lipinski definition) is 3. The second-order valence-corrected chi connectivity index (χ2v) is 8.96. The van der Waals surface area contributed by atoms with Gasteiger partial charge in [0.05, 0.1) is 28.0 Å². The molecule has 3 N–H and O–H groups in total. The summed E-state index contributed by atoms with van der Waals surface area (Å²) in [6.07, 6.45) is 0.992. The lowest BCUT2D eigenvalue weighted by Crippen LogP contribution is -2.28. The van der Waals surface area contributed by atoms with Gasteiger partial charge in [0.2, 0.25) is 0 Å². The van der Waals surface area contributed by atoms with E-state index in [2.05, 4.69) is 15.4 Å². The highest BCUT2D eigenvalue weighted by molar-refractivity contribution is 5.91. The molecule has 182 valence electrons. The summed E-state index contributed by atoms with van der Waals surface area (Å²) in [5, 5.41) is 17.2. The molecule has 1 atom stereocenters. The summed E-state index contributed by atoms with van der Waals surface area (Å²) >= 11 is 0. The van der Waals surface area contributed by atoms with E-state index in [0.717, 1.165) is 38.9 Å². The van der Waals surface area contributed by atoms with Gasteiger partial charge in [-0.2, -0.15) is 4.52 Å². The Morgan fingerprint density at radius 2 is 1.62 bits per heavy atom. The summed E-state index contributed by atoms with van der Waals surface area (Å²) in [6.45, 7) is 1.87. The highest BCUT2D eigenvalue weighted by Crippen LogP contribution is 2.35. The van der Waals surface area contributed by atoms with Crippen molar-refractivity contribution in [1.82, 2.24) is 24.9 Å². The number of nitrogens with zero attached hydrogens (tertiary/aromatic N) is 3. The normalized spacial score (nSPS) is 12.3. The Morgan fingerprint density at radius 1 is 0.892 bits per heavy atom. The highest BCUT2D eigenvalue weighted by atomic mass is 16.3. The van der Waals surface area contributed by atoms with Gasteiger partial charge in [0.1, 0.15) is 6.23 Å². The molecule has 0 bridgehead atoms. The van der Waals surface area contributed by atoms with E-state index in [-0.39, 0.29) is 12.1 Å². The van der Waals surface area contributed by atoms with E-state index in [1.807, 2.05) is 91.0 Å². The number of benzene rings is 3. The molecule has 3 aromatic carbocycles. The van der Waals surface area contributed by atoms with E-state index < -0.39 is 6.23 Å². The summed E-state index contributed by atoms with van der Waals surface area (Å²) in [5.41, 5.74) is 6.50. The topological polar surface area (TPSA) is 95.3 Å². The van der Waals surface area contributed by atoms with Crippen LogP contribution in [0.15, 0.2) is 102 Å². The summed E-state index contributed by atoms with van der Waals surface area (Å²) < 4.78 is 1.53. The number of aliphatic hydroxyl groups is 1. The summed E-state index contributed by atoms with van der Waals surface area (Å²) in [5.74, 6) is 0. The maximum absolute atomic E-state index is 14.1. The molecule has 0 aliphatic heterocycles. The van der Waals surface area contributed by atoms with Crippen LogP contribution in [0.5, 0.6) is 0 Å². The van der Waals surface area contributed by atoms with E-state index in [1.165, 1.54) is 4.52 Å². The second-order valence-electron chi connectivity index (χ2n) is 8.96. The first-order valence-electron chi connectivity index (χ1n) is 12.2. The molecular weight excluding hydrogens is 462 g/mol. The molecule has 37 heavy (non-hydrogen) atoms. The number of aliphatic hydroxyl groups excluding tert-OH is 1. The quantitative estimate of drug-likeness (QED) is 0.288. The van der Waals surface area contributed by atoms with Crippen molar-refractivity contribution in [3.8, 4) is 33.5 Å². The van der Waals surface area contributed by atoms with Gasteiger partial charge < -0.3 is 5.11 Å². The van der Waals surface area contributed by atoms with Crippen molar-refractivity contribution < 1.29 is 5.11 Å². The predicted octanol–water partition coefficient (Wildman–Crippen LogP) is 5.00. The lowest BCUT2D eigenvalue weighted by molar-refractivity contribution is 0.154. The molecule has 1 unspecified atom stereocenters. The van der Waals surface area contributed by atoms with E-state index in [1.54, 1.807) is 13.1 Å². The van der Waals surface area contributed by atoms with Gasteiger partial charge in [-0.3, -0.25) is 20.2 Å². The number of nitrogens with one attached hydrogen (secondary N) is 2. The molecule has 0 aliphatic rings. The van der Waals surface area contributed by atoms with Crippen molar-refractivity contribution in [1.29, 1.82) is 0 Å². The predicted molar refractivity (Wildman–Crippen MR) is 146 cm³/mol. The van der Waals surface area contributed by atoms with Crippen LogP contribution in [0, 0.1) is 0 Å². The first-order chi connectivity index (χ1) is 18.1. The van der Waals surface area contributed by atoms with Crippen LogP contribution in [-0.2, 0) is 6.54 Å². The number of pyridine rings is 1. The molecule has 7 heteroatoms. The fourth-order valence-corrected chi connectivity index (χ4v) is 4.70. The number of aromatic nitrogens is 4. The molecule has 3 aromatic heterocycles. The molecule has 0 aliphatic carbocycles. The minimum absolute atomic E-state index is 0.213. The number of aromatic amines is 1. The minimum atomic E-state index is -0.756.